The van der Waals surface area contributed by atoms with Crippen LogP contribution in [-0.4, -0.2) is 17.5 Å². The summed E-state index contributed by atoms with van der Waals surface area (Å²) in [5.41, 5.74) is 2.42. The Morgan fingerprint density at radius 1 is 1.33 bits per heavy atom. The number of thioether (sulfide) groups is 1. The lowest BCUT2D eigenvalue weighted by Crippen LogP contribution is -2.33. The average Bonchev–Trinajstić information content (AvgIpc) is 2.89. The molecule has 1 aromatic heterocycles. The molecule has 3 heteroatoms. The third-order valence-corrected chi connectivity index (χ3v) is 5.48. The van der Waals surface area contributed by atoms with Crippen molar-refractivity contribution in [1.82, 2.24) is 5.32 Å². The van der Waals surface area contributed by atoms with Gasteiger partial charge in [0, 0.05) is 35.7 Å². The lowest BCUT2D eigenvalue weighted by Gasteiger charge is -2.22. The number of aryl methyl sites for hydroxylation is 1. The summed E-state index contributed by atoms with van der Waals surface area (Å²) in [4.78, 5) is 0. The molecule has 1 aliphatic rings. The molecule has 2 heterocycles. The van der Waals surface area contributed by atoms with Crippen LogP contribution in [0.4, 0.5) is 0 Å². The summed E-state index contributed by atoms with van der Waals surface area (Å²) >= 11 is 2.08. The first kappa shape index (κ1) is 15.0. The summed E-state index contributed by atoms with van der Waals surface area (Å²) < 4.78 is 6.10. The quantitative estimate of drug-likeness (QED) is 0.833. The van der Waals surface area contributed by atoms with Crippen molar-refractivity contribution >= 4 is 22.7 Å². The first-order valence-corrected chi connectivity index (χ1v) is 9.34. The Morgan fingerprint density at radius 2 is 2.24 bits per heavy atom. The molecule has 0 bridgehead atoms. The molecule has 1 aromatic carbocycles. The summed E-state index contributed by atoms with van der Waals surface area (Å²) in [7, 11) is 0. The summed E-state index contributed by atoms with van der Waals surface area (Å²) in [5.74, 6) is 3.77. The third-order valence-electron chi connectivity index (χ3n) is 4.27. The van der Waals surface area contributed by atoms with Crippen LogP contribution in [0.5, 0.6) is 0 Å². The molecule has 114 valence electrons. The molecule has 2 aromatic rings. The van der Waals surface area contributed by atoms with Crippen molar-refractivity contribution in [3.63, 3.8) is 0 Å². The molecule has 0 saturated carbocycles. The van der Waals surface area contributed by atoms with Crippen molar-refractivity contribution in [3.05, 3.63) is 35.6 Å². The van der Waals surface area contributed by atoms with Gasteiger partial charge in [-0.25, -0.2) is 0 Å². The predicted molar refractivity (Wildman–Crippen MR) is 92.0 cm³/mol. The Labute approximate surface area is 131 Å². The normalized spacial score (nSPS) is 19.2. The Kier molecular flexibility index (Phi) is 5.26. The molecule has 1 atom stereocenters. The second kappa shape index (κ2) is 7.37. The number of benzene rings is 1. The molecule has 0 amide bonds. The topological polar surface area (TPSA) is 25.2 Å². The molecule has 2 nitrogen and oxygen atoms in total. The van der Waals surface area contributed by atoms with E-state index in [1.165, 1.54) is 53.9 Å². The maximum atomic E-state index is 6.10. The van der Waals surface area contributed by atoms with Crippen LogP contribution >= 0.6 is 11.8 Å². The fourth-order valence-corrected chi connectivity index (χ4v) is 4.14. The van der Waals surface area contributed by atoms with E-state index in [0.29, 0.717) is 6.04 Å². The molecule has 1 fully saturated rings. The highest BCUT2D eigenvalue weighted by Gasteiger charge is 2.17. The summed E-state index contributed by atoms with van der Waals surface area (Å²) in [6.45, 7) is 3.18. The SMILES string of the molecule is CCCCc1oc2ccccc2c1CNC1CCCSC1. The highest BCUT2D eigenvalue weighted by Crippen LogP contribution is 2.27. The van der Waals surface area contributed by atoms with Gasteiger partial charge in [0.15, 0.2) is 0 Å². The van der Waals surface area contributed by atoms with Gasteiger partial charge in [0.25, 0.3) is 0 Å². The monoisotopic (exact) mass is 303 g/mol. The molecular formula is C18H25NOS. The van der Waals surface area contributed by atoms with E-state index in [4.69, 9.17) is 4.42 Å². The zero-order valence-electron chi connectivity index (χ0n) is 12.9. The van der Waals surface area contributed by atoms with Crippen LogP contribution in [0, 0.1) is 0 Å². The third kappa shape index (κ3) is 3.64. The number of fused-ring (bicyclic) bond motifs is 1. The van der Waals surface area contributed by atoms with Crippen LogP contribution in [0.25, 0.3) is 11.0 Å². The van der Waals surface area contributed by atoms with Gasteiger partial charge in [-0.05, 0) is 31.1 Å². The molecule has 0 spiro atoms. The Bertz CT molecular complexity index is 572. The fraction of sp³-hybridized carbons (Fsp3) is 0.556. The molecular weight excluding hydrogens is 278 g/mol. The Morgan fingerprint density at radius 3 is 3.05 bits per heavy atom. The summed E-state index contributed by atoms with van der Waals surface area (Å²) in [5, 5.41) is 5.04. The van der Waals surface area contributed by atoms with E-state index in [9.17, 15) is 0 Å². The van der Waals surface area contributed by atoms with Crippen LogP contribution in [0.3, 0.4) is 0 Å². The second-order valence-electron chi connectivity index (χ2n) is 5.90. The number of hydrogen-bond donors (Lipinski definition) is 1. The first-order chi connectivity index (χ1) is 10.4. The van der Waals surface area contributed by atoms with Gasteiger partial charge in [0.1, 0.15) is 11.3 Å². The van der Waals surface area contributed by atoms with Gasteiger partial charge in [-0.3, -0.25) is 0 Å². The largest absolute Gasteiger partial charge is 0.461 e. The van der Waals surface area contributed by atoms with E-state index in [-0.39, 0.29) is 0 Å². The molecule has 1 unspecified atom stereocenters. The van der Waals surface area contributed by atoms with Crippen molar-refractivity contribution in [2.45, 2.75) is 51.6 Å². The van der Waals surface area contributed by atoms with Crippen molar-refractivity contribution in [3.8, 4) is 0 Å². The average molecular weight is 303 g/mol. The van der Waals surface area contributed by atoms with Gasteiger partial charge < -0.3 is 9.73 Å². The van der Waals surface area contributed by atoms with E-state index in [1.54, 1.807) is 0 Å². The highest BCUT2D eigenvalue weighted by molar-refractivity contribution is 7.99. The van der Waals surface area contributed by atoms with E-state index in [2.05, 4.69) is 48.3 Å². The van der Waals surface area contributed by atoms with Gasteiger partial charge in [-0.2, -0.15) is 11.8 Å². The minimum atomic E-state index is 0.663. The number of rotatable bonds is 6. The van der Waals surface area contributed by atoms with Gasteiger partial charge in [0.05, 0.1) is 0 Å². The smallest absolute Gasteiger partial charge is 0.134 e. The maximum Gasteiger partial charge on any atom is 0.134 e. The van der Waals surface area contributed by atoms with Crippen molar-refractivity contribution < 1.29 is 4.42 Å². The van der Waals surface area contributed by atoms with E-state index in [1.807, 2.05) is 0 Å². The summed E-state index contributed by atoms with van der Waals surface area (Å²) in [6, 6.07) is 9.12. The number of furan rings is 1. The fourth-order valence-electron chi connectivity index (χ4n) is 3.03. The van der Waals surface area contributed by atoms with Crippen LogP contribution in [0.2, 0.25) is 0 Å². The van der Waals surface area contributed by atoms with E-state index < -0.39 is 0 Å². The molecule has 0 radical (unpaired) electrons. The lowest BCUT2D eigenvalue weighted by atomic mass is 10.1. The van der Waals surface area contributed by atoms with Crippen molar-refractivity contribution in [2.24, 2.45) is 0 Å². The predicted octanol–water partition coefficient (Wildman–Crippen LogP) is 4.76. The Hall–Kier alpha value is -0.930. The number of unbranched alkanes of at least 4 members (excludes halogenated alkanes) is 1. The number of para-hydroxylation sites is 1. The zero-order chi connectivity index (χ0) is 14.5. The van der Waals surface area contributed by atoms with Crippen molar-refractivity contribution in [1.29, 1.82) is 0 Å². The molecule has 1 saturated heterocycles. The maximum absolute atomic E-state index is 6.10. The van der Waals surface area contributed by atoms with Crippen LogP contribution in [-0.2, 0) is 13.0 Å². The van der Waals surface area contributed by atoms with Gasteiger partial charge in [0.2, 0.25) is 0 Å². The van der Waals surface area contributed by atoms with Crippen LogP contribution < -0.4 is 5.32 Å². The minimum absolute atomic E-state index is 0.663. The highest BCUT2D eigenvalue weighted by atomic mass is 32.2. The van der Waals surface area contributed by atoms with Gasteiger partial charge in [-0.15, -0.1) is 0 Å². The van der Waals surface area contributed by atoms with Crippen LogP contribution in [0.15, 0.2) is 28.7 Å². The van der Waals surface area contributed by atoms with Crippen molar-refractivity contribution in [2.75, 3.05) is 11.5 Å². The first-order valence-electron chi connectivity index (χ1n) is 8.19. The Balaban J connectivity index is 1.77. The molecule has 1 N–H and O–H groups in total. The van der Waals surface area contributed by atoms with Gasteiger partial charge >= 0.3 is 0 Å². The van der Waals surface area contributed by atoms with E-state index in [0.717, 1.165) is 18.5 Å². The molecule has 0 aliphatic carbocycles. The zero-order valence-corrected chi connectivity index (χ0v) is 13.7. The molecule has 21 heavy (non-hydrogen) atoms. The van der Waals surface area contributed by atoms with E-state index >= 15 is 0 Å². The molecule has 1 aliphatic heterocycles. The lowest BCUT2D eigenvalue weighted by molar-refractivity contribution is 0.491. The number of nitrogens with one attached hydrogen (secondary N) is 1. The summed E-state index contributed by atoms with van der Waals surface area (Å²) in [6.07, 6.45) is 6.13. The molecule has 3 rings (SSSR count). The second-order valence-corrected chi connectivity index (χ2v) is 7.05. The minimum Gasteiger partial charge on any atom is -0.461 e. The number of hydrogen-bond acceptors (Lipinski definition) is 3. The standard InChI is InChI=1S/C18H25NOS/c1-2-3-9-18-16(12-19-14-7-6-11-21-13-14)15-8-4-5-10-17(15)20-18/h4-5,8,10,14,19H,2-3,6-7,9,11-13H2,1H3. The van der Waals surface area contributed by atoms with Gasteiger partial charge in [-0.1, -0.05) is 31.5 Å². The van der Waals surface area contributed by atoms with Crippen LogP contribution in [0.1, 0.15) is 43.9 Å².